The Morgan fingerprint density at radius 1 is 1.62 bits per heavy atom. The number of carbonyl (C=O) groups is 2. The second-order valence-electron chi connectivity index (χ2n) is 3.79. The lowest BCUT2D eigenvalue weighted by Gasteiger charge is -2.23. The van der Waals surface area contributed by atoms with Gasteiger partial charge in [-0.15, -0.1) is 0 Å². The van der Waals surface area contributed by atoms with Gasteiger partial charge in [-0.1, -0.05) is 0 Å². The first kappa shape index (κ1) is 12.5. The Kier molecular flexibility index (Phi) is 4.29. The van der Waals surface area contributed by atoms with Crippen molar-refractivity contribution in [1.29, 1.82) is 5.26 Å². The lowest BCUT2D eigenvalue weighted by molar-refractivity contribution is -0.153. The topological polar surface area (TPSA) is 70.4 Å². The molecule has 0 aromatic rings. The first-order chi connectivity index (χ1) is 7.61. The second kappa shape index (κ2) is 5.50. The minimum Gasteiger partial charge on any atom is -0.464 e. The summed E-state index contributed by atoms with van der Waals surface area (Å²) in [4.78, 5) is 24.8. The molecule has 0 saturated carbocycles. The molecule has 1 heterocycles. The maximum absolute atomic E-state index is 11.8. The van der Waals surface area contributed by atoms with Crippen molar-refractivity contribution in [2.24, 2.45) is 5.92 Å². The van der Waals surface area contributed by atoms with Crippen molar-refractivity contribution in [1.82, 2.24) is 4.90 Å². The van der Waals surface area contributed by atoms with Crippen molar-refractivity contribution in [2.75, 3.05) is 13.2 Å². The minimum absolute atomic E-state index is 0.280. The van der Waals surface area contributed by atoms with E-state index in [2.05, 4.69) is 0 Å². The van der Waals surface area contributed by atoms with Gasteiger partial charge in [-0.2, -0.15) is 5.26 Å². The summed E-state index contributed by atoms with van der Waals surface area (Å²) < 4.78 is 4.90. The minimum atomic E-state index is -0.699. The Bertz CT molecular complexity index is 322. The number of rotatable bonds is 3. The van der Waals surface area contributed by atoms with Crippen molar-refractivity contribution in [3.05, 3.63) is 0 Å². The van der Waals surface area contributed by atoms with Gasteiger partial charge in [0.1, 0.15) is 12.0 Å². The molecule has 1 rings (SSSR count). The highest BCUT2D eigenvalue weighted by molar-refractivity contribution is 5.87. The van der Waals surface area contributed by atoms with Crippen LogP contribution in [0.3, 0.4) is 0 Å². The number of hydrogen-bond acceptors (Lipinski definition) is 4. The number of nitriles is 1. The first-order valence-corrected chi connectivity index (χ1v) is 5.48. The molecule has 0 aliphatic carbocycles. The summed E-state index contributed by atoms with van der Waals surface area (Å²) in [5.74, 6) is -1.34. The maximum atomic E-state index is 11.8. The van der Waals surface area contributed by atoms with E-state index < -0.39 is 12.0 Å². The number of carbonyl (C=O) groups excluding carboxylic acids is 2. The van der Waals surface area contributed by atoms with Gasteiger partial charge >= 0.3 is 5.97 Å². The van der Waals surface area contributed by atoms with Gasteiger partial charge in [0.25, 0.3) is 0 Å². The Balaban J connectivity index is 2.69. The molecule has 0 aromatic heterocycles. The van der Waals surface area contributed by atoms with Gasteiger partial charge in [-0.05, 0) is 26.7 Å². The van der Waals surface area contributed by atoms with E-state index in [-0.39, 0.29) is 11.9 Å². The van der Waals surface area contributed by atoms with Crippen molar-refractivity contribution in [3.8, 4) is 6.07 Å². The Hall–Kier alpha value is -1.57. The highest BCUT2D eigenvalue weighted by Gasteiger charge is 2.36. The second-order valence-corrected chi connectivity index (χ2v) is 3.79. The van der Waals surface area contributed by atoms with Crippen LogP contribution in [0.2, 0.25) is 0 Å². The van der Waals surface area contributed by atoms with Gasteiger partial charge in [0.05, 0.1) is 12.7 Å². The maximum Gasteiger partial charge on any atom is 0.328 e. The number of amides is 1. The molecule has 2 unspecified atom stereocenters. The molecule has 16 heavy (non-hydrogen) atoms. The van der Waals surface area contributed by atoms with Crippen LogP contribution in [0.5, 0.6) is 0 Å². The lowest BCUT2D eigenvalue weighted by Crippen LogP contribution is -2.43. The van der Waals surface area contributed by atoms with E-state index in [1.54, 1.807) is 13.8 Å². The highest BCUT2D eigenvalue weighted by Crippen LogP contribution is 2.20. The number of nitrogens with zero attached hydrogens (tertiary/aromatic N) is 2. The summed E-state index contributed by atoms with van der Waals surface area (Å²) >= 11 is 0. The van der Waals surface area contributed by atoms with Crippen molar-refractivity contribution in [2.45, 2.75) is 32.7 Å². The zero-order valence-corrected chi connectivity index (χ0v) is 9.60. The molecule has 0 N–H and O–H groups in total. The number of hydrogen-bond donors (Lipinski definition) is 0. The molecule has 1 aliphatic rings. The summed E-state index contributed by atoms with van der Waals surface area (Å²) in [5, 5.41) is 8.68. The largest absolute Gasteiger partial charge is 0.464 e. The van der Waals surface area contributed by atoms with Gasteiger partial charge in [0, 0.05) is 6.54 Å². The summed E-state index contributed by atoms with van der Waals surface area (Å²) in [5.41, 5.74) is 0. The van der Waals surface area contributed by atoms with Crippen molar-refractivity contribution >= 4 is 11.9 Å². The zero-order chi connectivity index (χ0) is 12.1. The Morgan fingerprint density at radius 3 is 2.88 bits per heavy atom. The third-order valence-corrected chi connectivity index (χ3v) is 2.66. The lowest BCUT2D eigenvalue weighted by atomic mass is 10.1. The molecule has 5 nitrogen and oxygen atoms in total. The fourth-order valence-corrected chi connectivity index (χ4v) is 1.82. The van der Waals surface area contributed by atoms with E-state index in [0.29, 0.717) is 19.6 Å². The van der Waals surface area contributed by atoms with Crippen molar-refractivity contribution < 1.29 is 14.3 Å². The third-order valence-electron chi connectivity index (χ3n) is 2.66. The van der Waals surface area contributed by atoms with Crippen LogP contribution in [0.15, 0.2) is 0 Å². The van der Waals surface area contributed by atoms with Crippen LogP contribution in [0.25, 0.3) is 0 Å². The monoisotopic (exact) mass is 224 g/mol. The predicted octanol–water partition coefficient (Wildman–Crippen LogP) is 0.700. The van der Waals surface area contributed by atoms with Crippen LogP contribution in [-0.4, -0.2) is 36.0 Å². The van der Waals surface area contributed by atoms with E-state index >= 15 is 0 Å². The fraction of sp³-hybridized carbons (Fsp3) is 0.727. The summed E-state index contributed by atoms with van der Waals surface area (Å²) in [6.07, 6.45) is 1.41. The average molecular weight is 224 g/mol. The van der Waals surface area contributed by atoms with Gasteiger partial charge in [0.2, 0.25) is 5.91 Å². The number of ether oxygens (including phenoxy) is 1. The summed E-state index contributed by atoms with van der Waals surface area (Å²) in [6, 6.07) is 1.39. The molecule has 2 atom stereocenters. The van der Waals surface area contributed by atoms with Crippen LogP contribution in [0.4, 0.5) is 0 Å². The van der Waals surface area contributed by atoms with Crippen LogP contribution in [0, 0.1) is 17.2 Å². The Morgan fingerprint density at radius 2 is 2.31 bits per heavy atom. The molecule has 0 bridgehead atoms. The van der Waals surface area contributed by atoms with E-state index in [9.17, 15) is 9.59 Å². The highest BCUT2D eigenvalue weighted by atomic mass is 16.5. The molecule has 88 valence electrons. The molecule has 0 spiro atoms. The SMILES string of the molecule is CCOC(=O)C1CCCN1C(=O)C(C)C#N. The normalized spacial score (nSPS) is 21.3. The van der Waals surface area contributed by atoms with Crippen LogP contribution in [-0.2, 0) is 14.3 Å². The molecular weight excluding hydrogens is 208 g/mol. The molecule has 1 aliphatic heterocycles. The Labute approximate surface area is 95.0 Å². The van der Waals surface area contributed by atoms with Crippen molar-refractivity contribution in [3.63, 3.8) is 0 Å². The molecular formula is C11H16N2O3. The van der Waals surface area contributed by atoms with Crippen LogP contribution < -0.4 is 0 Å². The number of likely N-dealkylation sites (tertiary alicyclic amines) is 1. The number of esters is 1. The average Bonchev–Trinajstić information content (AvgIpc) is 2.76. The van der Waals surface area contributed by atoms with E-state index in [1.807, 2.05) is 6.07 Å². The van der Waals surface area contributed by atoms with E-state index in [4.69, 9.17) is 10.00 Å². The molecule has 0 radical (unpaired) electrons. The molecule has 0 aromatic carbocycles. The fourth-order valence-electron chi connectivity index (χ4n) is 1.82. The summed E-state index contributed by atoms with van der Waals surface area (Å²) in [6.45, 7) is 4.12. The van der Waals surface area contributed by atoms with E-state index in [1.165, 1.54) is 4.90 Å². The molecule has 5 heteroatoms. The third kappa shape index (κ3) is 2.51. The van der Waals surface area contributed by atoms with Gasteiger partial charge in [-0.3, -0.25) is 4.79 Å². The van der Waals surface area contributed by atoms with Gasteiger partial charge < -0.3 is 9.64 Å². The first-order valence-electron chi connectivity index (χ1n) is 5.48. The molecule has 1 amide bonds. The smallest absolute Gasteiger partial charge is 0.328 e. The van der Waals surface area contributed by atoms with Gasteiger partial charge in [0.15, 0.2) is 0 Å². The molecule has 1 saturated heterocycles. The quantitative estimate of drug-likeness (QED) is 0.662. The van der Waals surface area contributed by atoms with Crippen LogP contribution in [0.1, 0.15) is 26.7 Å². The van der Waals surface area contributed by atoms with E-state index in [0.717, 1.165) is 6.42 Å². The van der Waals surface area contributed by atoms with Crippen LogP contribution >= 0.6 is 0 Å². The predicted molar refractivity (Wildman–Crippen MR) is 56.1 cm³/mol. The summed E-state index contributed by atoms with van der Waals surface area (Å²) in [7, 11) is 0. The molecule has 1 fully saturated rings. The standard InChI is InChI=1S/C11H16N2O3/c1-3-16-11(15)9-5-4-6-13(9)10(14)8(2)7-12/h8-9H,3-6H2,1-2H3. The van der Waals surface area contributed by atoms with Gasteiger partial charge in [-0.25, -0.2) is 4.79 Å². The zero-order valence-electron chi connectivity index (χ0n) is 9.60.